The lowest BCUT2D eigenvalue weighted by atomic mass is 10.1. The number of nitrogens with zero attached hydrogens (tertiary/aromatic N) is 7. The standard InChI is InChI=1S/C28H23N9O2/c1-18(33-27(38)24-25(29)31-17-35-13-12-30-26(24)35)23-14-22-11-10-21(9-8-19-15-32-34(2)16-19)36(22)28(39)37(23)20-6-4-3-5-7-20/h3-7,10-18H,29H2,1-2H3,(H,33,38)/t18-/m0/s1. The van der Waals surface area contributed by atoms with Gasteiger partial charge in [-0.2, -0.15) is 5.10 Å². The first-order valence-electron chi connectivity index (χ1n) is 12.1. The first-order chi connectivity index (χ1) is 18.9. The number of para-hydroxylation sites is 1. The fourth-order valence-electron chi connectivity index (χ4n) is 4.54. The van der Waals surface area contributed by atoms with Crippen LogP contribution in [0, 0.1) is 11.8 Å². The highest BCUT2D eigenvalue weighted by atomic mass is 16.2. The Morgan fingerprint density at radius 3 is 2.69 bits per heavy atom. The molecule has 0 bridgehead atoms. The van der Waals surface area contributed by atoms with Crippen molar-refractivity contribution < 1.29 is 4.79 Å². The summed E-state index contributed by atoms with van der Waals surface area (Å²) in [6, 6.07) is 14.2. The Kier molecular flexibility index (Phi) is 5.69. The monoisotopic (exact) mass is 517 g/mol. The van der Waals surface area contributed by atoms with E-state index in [9.17, 15) is 9.59 Å². The molecule has 5 heterocycles. The Labute approximate surface area is 222 Å². The molecule has 11 heteroatoms. The first-order valence-corrected chi connectivity index (χ1v) is 12.1. The molecule has 1 aromatic carbocycles. The lowest BCUT2D eigenvalue weighted by molar-refractivity contribution is 0.0940. The summed E-state index contributed by atoms with van der Waals surface area (Å²) in [6.45, 7) is 1.81. The van der Waals surface area contributed by atoms with Gasteiger partial charge in [-0.05, 0) is 43.2 Å². The molecule has 0 aliphatic rings. The number of amides is 1. The Bertz CT molecular complexity index is 1980. The van der Waals surface area contributed by atoms with Gasteiger partial charge in [0.05, 0.1) is 34.7 Å². The van der Waals surface area contributed by atoms with Gasteiger partial charge in [-0.15, -0.1) is 0 Å². The molecule has 1 atom stereocenters. The van der Waals surface area contributed by atoms with Gasteiger partial charge in [0.25, 0.3) is 5.91 Å². The molecule has 0 aliphatic carbocycles. The zero-order valence-electron chi connectivity index (χ0n) is 21.1. The maximum absolute atomic E-state index is 14.0. The number of benzene rings is 1. The summed E-state index contributed by atoms with van der Waals surface area (Å²) in [6.07, 6.45) is 8.23. The molecule has 0 saturated carbocycles. The van der Waals surface area contributed by atoms with Crippen LogP contribution in [0.4, 0.5) is 5.82 Å². The van der Waals surface area contributed by atoms with Gasteiger partial charge >= 0.3 is 5.69 Å². The van der Waals surface area contributed by atoms with Crippen molar-refractivity contribution in [3.63, 3.8) is 0 Å². The van der Waals surface area contributed by atoms with Gasteiger partial charge in [-0.1, -0.05) is 24.1 Å². The van der Waals surface area contributed by atoms with Crippen LogP contribution in [0.5, 0.6) is 0 Å². The summed E-state index contributed by atoms with van der Waals surface area (Å²) >= 11 is 0. The molecule has 0 spiro atoms. The molecule has 6 rings (SSSR count). The average molecular weight is 518 g/mol. The number of nitrogens with one attached hydrogen (secondary N) is 1. The lowest BCUT2D eigenvalue weighted by Gasteiger charge is -2.21. The van der Waals surface area contributed by atoms with Crippen LogP contribution in [0.25, 0.3) is 16.9 Å². The van der Waals surface area contributed by atoms with Crippen molar-refractivity contribution in [3.8, 4) is 17.5 Å². The van der Waals surface area contributed by atoms with Crippen molar-refractivity contribution in [1.82, 2.24) is 38.4 Å². The lowest BCUT2D eigenvalue weighted by Crippen LogP contribution is -2.35. The third kappa shape index (κ3) is 4.19. The molecule has 0 saturated heterocycles. The summed E-state index contributed by atoms with van der Waals surface area (Å²) in [4.78, 5) is 35.7. The minimum absolute atomic E-state index is 0.0673. The summed E-state index contributed by atoms with van der Waals surface area (Å²) in [5.41, 5.74) is 9.46. The van der Waals surface area contributed by atoms with Crippen molar-refractivity contribution in [1.29, 1.82) is 0 Å². The molecule has 192 valence electrons. The van der Waals surface area contributed by atoms with E-state index < -0.39 is 11.9 Å². The minimum Gasteiger partial charge on any atom is -0.383 e. The molecule has 6 aromatic rings. The van der Waals surface area contributed by atoms with Gasteiger partial charge in [0.15, 0.2) is 5.65 Å². The quantitative estimate of drug-likeness (QED) is 0.345. The van der Waals surface area contributed by atoms with E-state index in [4.69, 9.17) is 5.73 Å². The normalized spacial score (nSPS) is 11.8. The van der Waals surface area contributed by atoms with E-state index in [0.717, 1.165) is 5.56 Å². The van der Waals surface area contributed by atoms with Gasteiger partial charge in [-0.3, -0.25) is 22.8 Å². The Balaban J connectivity index is 1.46. The number of carbonyl (C=O) groups excluding carboxylic acids is 1. The number of aryl methyl sites for hydroxylation is 1. The van der Waals surface area contributed by atoms with Gasteiger partial charge in [-0.25, -0.2) is 14.8 Å². The maximum atomic E-state index is 14.0. The van der Waals surface area contributed by atoms with Gasteiger partial charge in [0.1, 0.15) is 23.4 Å². The predicted octanol–water partition coefficient (Wildman–Crippen LogP) is 2.34. The molecule has 1 amide bonds. The summed E-state index contributed by atoms with van der Waals surface area (Å²) in [5.74, 6) is 5.77. The molecular weight excluding hydrogens is 494 g/mol. The van der Waals surface area contributed by atoms with Gasteiger partial charge in [0.2, 0.25) is 0 Å². The summed E-state index contributed by atoms with van der Waals surface area (Å²) in [5, 5.41) is 7.11. The molecule has 3 N–H and O–H groups in total. The summed E-state index contributed by atoms with van der Waals surface area (Å²) in [7, 11) is 1.82. The van der Waals surface area contributed by atoms with E-state index in [0.29, 0.717) is 28.2 Å². The Morgan fingerprint density at radius 1 is 1.10 bits per heavy atom. The maximum Gasteiger partial charge on any atom is 0.338 e. The van der Waals surface area contributed by atoms with E-state index in [-0.39, 0.29) is 17.1 Å². The molecule has 39 heavy (non-hydrogen) atoms. The van der Waals surface area contributed by atoms with Gasteiger partial charge in [0, 0.05) is 25.6 Å². The second kappa shape index (κ2) is 9.35. The predicted molar refractivity (Wildman–Crippen MR) is 145 cm³/mol. The van der Waals surface area contributed by atoms with Crippen LogP contribution < -0.4 is 16.7 Å². The number of anilines is 1. The number of nitrogen functional groups attached to an aromatic ring is 1. The highest BCUT2D eigenvalue weighted by Crippen LogP contribution is 2.21. The van der Waals surface area contributed by atoms with Crippen LogP contribution in [-0.2, 0) is 7.05 Å². The van der Waals surface area contributed by atoms with Crippen molar-refractivity contribution >= 4 is 22.9 Å². The fraction of sp³-hybridized carbons (Fsp3) is 0.107. The Morgan fingerprint density at radius 2 is 1.92 bits per heavy atom. The largest absolute Gasteiger partial charge is 0.383 e. The van der Waals surface area contributed by atoms with Crippen molar-refractivity contribution in [3.05, 3.63) is 113 Å². The number of nitrogens with two attached hydrogens (primary N) is 1. The van der Waals surface area contributed by atoms with E-state index in [1.54, 1.807) is 48.9 Å². The van der Waals surface area contributed by atoms with Crippen LogP contribution in [0.1, 0.15) is 40.3 Å². The van der Waals surface area contributed by atoms with E-state index in [1.807, 2.05) is 56.4 Å². The van der Waals surface area contributed by atoms with Crippen LogP contribution in [0.15, 0.2) is 84.4 Å². The SMILES string of the molecule is C[C@H](NC(=O)c1c(N)ncn2ccnc12)c1cc2ccc(C#Cc3cnn(C)c3)n2c(=O)n1-c1ccccc1. The second-order valence-corrected chi connectivity index (χ2v) is 9.01. The second-order valence-electron chi connectivity index (χ2n) is 9.01. The minimum atomic E-state index is -0.579. The average Bonchev–Trinajstić information content (AvgIpc) is 3.67. The number of aromatic nitrogens is 7. The molecular formula is C28H23N9O2. The molecule has 11 nitrogen and oxygen atoms in total. The number of rotatable bonds is 4. The molecule has 0 unspecified atom stereocenters. The Hall–Kier alpha value is -5.63. The zero-order valence-corrected chi connectivity index (χ0v) is 21.1. The first kappa shape index (κ1) is 23.7. The van der Waals surface area contributed by atoms with Crippen LogP contribution in [0.3, 0.4) is 0 Å². The van der Waals surface area contributed by atoms with E-state index in [2.05, 4.69) is 32.2 Å². The van der Waals surface area contributed by atoms with Crippen LogP contribution in [-0.4, -0.2) is 39.0 Å². The highest BCUT2D eigenvalue weighted by molar-refractivity contribution is 6.04. The van der Waals surface area contributed by atoms with E-state index in [1.165, 1.54) is 6.33 Å². The van der Waals surface area contributed by atoms with Crippen LogP contribution in [0.2, 0.25) is 0 Å². The zero-order chi connectivity index (χ0) is 27.1. The topological polar surface area (TPSA) is 130 Å². The number of carbonyl (C=O) groups is 1. The smallest absolute Gasteiger partial charge is 0.338 e. The van der Waals surface area contributed by atoms with E-state index >= 15 is 0 Å². The fourth-order valence-corrected chi connectivity index (χ4v) is 4.54. The molecule has 0 radical (unpaired) electrons. The van der Waals surface area contributed by atoms with Crippen molar-refractivity contribution in [2.45, 2.75) is 13.0 Å². The van der Waals surface area contributed by atoms with Crippen LogP contribution >= 0.6 is 0 Å². The summed E-state index contributed by atoms with van der Waals surface area (Å²) < 4.78 is 6.42. The molecule has 0 aliphatic heterocycles. The number of hydrogen-bond donors (Lipinski definition) is 2. The third-order valence-corrected chi connectivity index (χ3v) is 6.39. The number of hydrogen-bond acceptors (Lipinski definition) is 6. The number of fused-ring (bicyclic) bond motifs is 2. The highest BCUT2D eigenvalue weighted by Gasteiger charge is 2.23. The molecule has 5 aromatic heterocycles. The van der Waals surface area contributed by atoms with Crippen molar-refractivity contribution in [2.75, 3.05) is 5.73 Å². The number of imidazole rings is 1. The third-order valence-electron chi connectivity index (χ3n) is 6.39. The van der Waals surface area contributed by atoms with Crippen molar-refractivity contribution in [2.24, 2.45) is 7.05 Å². The van der Waals surface area contributed by atoms with Gasteiger partial charge < -0.3 is 11.1 Å². The molecule has 0 fully saturated rings.